The molecule has 2 aliphatic rings. The summed E-state index contributed by atoms with van der Waals surface area (Å²) in [5, 5.41) is 9.51. The Balaban J connectivity index is 2.17. The van der Waals surface area contributed by atoms with Crippen molar-refractivity contribution in [3.8, 4) is 0 Å². The molecule has 0 aromatic heterocycles. The quantitative estimate of drug-likeness (QED) is 0.595. The molecule has 0 fully saturated rings. The molecule has 0 bridgehead atoms. The average molecular weight is 254 g/mol. The molecule has 0 aromatic rings. The van der Waals surface area contributed by atoms with Crippen LogP contribution in [-0.4, -0.2) is 37.4 Å². The molecule has 6 heteroatoms. The number of fused-ring (bicyclic) bond motifs is 1. The number of ether oxygens (including phenoxy) is 3. The molecule has 0 saturated heterocycles. The molecule has 0 spiro atoms. The number of aliphatic hydroxyl groups excluding tert-OH is 1. The third-order valence-electron chi connectivity index (χ3n) is 2.84. The second-order valence-electron chi connectivity index (χ2n) is 4.01. The molecule has 0 radical (unpaired) electrons. The Hall–Kier alpha value is -1.82. The normalized spacial score (nSPS) is 18.8. The van der Waals surface area contributed by atoms with E-state index in [1.165, 1.54) is 7.11 Å². The maximum atomic E-state index is 11.8. The van der Waals surface area contributed by atoms with E-state index in [1.54, 1.807) is 0 Å². The minimum absolute atomic E-state index is 0.144. The molecular formula is C12H14O6. The zero-order valence-corrected chi connectivity index (χ0v) is 10.0. The predicted octanol–water partition coefficient (Wildman–Crippen LogP) is 0.983. The molecule has 2 rings (SSSR count). The molecular weight excluding hydrogens is 240 g/mol. The van der Waals surface area contributed by atoms with Crippen molar-refractivity contribution in [3.63, 3.8) is 0 Å². The number of allylic oxidation sites excluding steroid dienone is 1. The fourth-order valence-electron chi connectivity index (χ4n) is 1.96. The Bertz CT molecular complexity index is 445. The van der Waals surface area contributed by atoms with Crippen LogP contribution in [0.15, 0.2) is 22.7 Å². The lowest BCUT2D eigenvalue weighted by atomic mass is 9.93. The lowest BCUT2D eigenvalue weighted by Crippen LogP contribution is -2.16. The monoisotopic (exact) mass is 254 g/mol. The molecule has 0 saturated carbocycles. The van der Waals surface area contributed by atoms with Crippen molar-refractivity contribution in [3.05, 3.63) is 22.7 Å². The summed E-state index contributed by atoms with van der Waals surface area (Å²) in [6.07, 6.45) is 1.68. The molecule has 0 amide bonds. The van der Waals surface area contributed by atoms with E-state index in [1.807, 2.05) is 0 Å². The number of esters is 2. The van der Waals surface area contributed by atoms with Crippen LogP contribution < -0.4 is 0 Å². The summed E-state index contributed by atoms with van der Waals surface area (Å²) in [6.45, 7) is 0.452. The summed E-state index contributed by atoms with van der Waals surface area (Å²) < 4.78 is 14.7. The van der Waals surface area contributed by atoms with Crippen molar-refractivity contribution in [1.29, 1.82) is 0 Å². The third-order valence-corrected chi connectivity index (χ3v) is 2.84. The first-order valence-corrected chi connectivity index (χ1v) is 5.69. The van der Waals surface area contributed by atoms with Gasteiger partial charge in [-0.3, -0.25) is 0 Å². The van der Waals surface area contributed by atoms with Crippen molar-refractivity contribution in [2.45, 2.75) is 19.3 Å². The molecule has 1 N–H and O–H groups in total. The van der Waals surface area contributed by atoms with Crippen molar-refractivity contribution in [2.24, 2.45) is 0 Å². The molecule has 0 aromatic carbocycles. The minimum Gasteiger partial charge on any atom is -0.502 e. The van der Waals surface area contributed by atoms with Crippen molar-refractivity contribution < 1.29 is 28.9 Å². The Morgan fingerprint density at radius 3 is 2.89 bits per heavy atom. The molecule has 0 unspecified atom stereocenters. The van der Waals surface area contributed by atoms with Crippen LogP contribution >= 0.6 is 0 Å². The van der Waals surface area contributed by atoms with Gasteiger partial charge in [0.05, 0.1) is 12.2 Å². The summed E-state index contributed by atoms with van der Waals surface area (Å²) in [4.78, 5) is 23.0. The lowest BCUT2D eigenvalue weighted by Gasteiger charge is -2.16. The third kappa shape index (κ3) is 2.24. The number of methoxy groups -OCH3 is 1. The Morgan fingerprint density at radius 1 is 1.39 bits per heavy atom. The summed E-state index contributed by atoms with van der Waals surface area (Å²) in [5.41, 5.74) is 0.717. The van der Waals surface area contributed by atoms with Crippen LogP contribution in [0.1, 0.15) is 19.3 Å². The van der Waals surface area contributed by atoms with Gasteiger partial charge in [-0.25, -0.2) is 9.59 Å². The minimum atomic E-state index is -0.802. The fraction of sp³-hybridized carbons (Fsp3) is 0.500. The molecule has 1 aliphatic heterocycles. The van der Waals surface area contributed by atoms with Crippen LogP contribution in [0.4, 0.5) is 0 Å². The van der Waals surface area contributed by atoms with Gasteiger partial charge in [0.1, 0.15) is 12.4 Å². The van der Waals surface area contributed by atoms with Crippen molar-refractivity contribution in [1.82, 2.24) is 0 Å². The van der Waals surface area contributed by atoms with E-state index in [2.05, 4.69) is 0 Å². The van der Waals surface area contributed by atoms with Gasteiger partial charge in [0.2, 0.25) is 5.76 Å². The lowest BCUT2D eigenvalue weighted by molar-refractivity contribution is -0.141. The van der Waals surface area contributed by atoms with Gasteiger partial charge in [-0.05, 0) is 19.3 Å². The van der Waals surface area contributed by atoms with Gasteiger partial charge < -0.3 is 19.3 Å². The zero-order chi connectivity index (χ0) is 13.1. The van der Waals surface area contributed by atoms with E-state index >= 15 is 0 Å². The van der Waals surface area contributed by atoms with E-state index < -0.39 is 17.7 Å². The first-order chi connectivity index (χ1) is 8.65. The van der Waals surface area contributed by atoms with E-state index in [0.29, 0.717) is 37.0 Å². The molecule has 1 aliphatic carbocycles. The second-order valence-corrected chi connectivity index (χ2v) is 4.01. The first kappa shape index (κ1) is 12.6. The van der Waals surface area contributed by atoms with E-state index in [0.717, 1.165) is 0 Å². The highest BCUT2D eigenvalue weighted by atomic mass is 16.6. The van der Waals surface area contributed by atoms with E-state index in [4.69, 9.17) is 14.2 Å². The summed E-state index contributed by atoms with van der Waals surface area (Å²) in [5.74, 6) is -1.55. The van der Waals surface area contributed by atoms with Crippen LogP contribution in [0.5, 0.6) is 0 Å². The van der Waals surface area contributed by atoms with Gasteiger partial charge >= 0.3 is 11.9 Å². The van der Waals surface area contributed by atoms with E-state index in [9.17, 15) is 14.7 Å². The van der Waals surface area contributed by atoms with Crippen molar-refractivity contribution >= 4 is 11.9 Å². The molecule has 98 valence electrons. The number of carbonyl (C=O) groups excluding carboxylic acids is 2. The Kier molecular flexibility index (Phi) is 3.66. The molecule has 18 heavy (non-hydrogen) atoms. The Morgan fingerprint density at radius 2 is 2.17 bits per heavy atom. The number of aliphatic hydroxyl groups is 1. The molecule has 0 atom stereocenters. The Labute approximate surface area is 104 Å². The maximum Gasteiger partial charge on any atom is 0.379 e. The largest absolute Gasteiger partial charge is 0.502 e. The van der Waals surface area contributed by atoms with Gasteiger partial charge in [0, 0.05) is 12.7 Å². The second kappa shape index (κ2) is 5.22. The van der Waals surface area contributed by atoms with Gasteiger partial charge in [-0.1, -0.05) is 0 Å². The van der Waals surface area contributed by atoms with Gasteiger partial charge in [0.15, 0.2) is 0 Å². The maximum absolute atomic E-state index is 11.8. The van der Waals surface area contributed by atoms with Crippen LogP contribution in [0.2, 0.25) is 0 Å². The van der Waals surface area contributed by atoms with Crippen LogP contribution in [0.25, 0.3) is 0 Å². The topological polar surface area (TPSA) is 82.1 Å². The summed E-state index contributed by atoms with van der Waals surface area (Å²) >= 11 is 0. The van der Waals surface area contributed by atoms with E-state index in [-0.39, 0.29) is 12.4 Å². The van der Waals surface area contributed by atoms with Crippen LogP contribution in [0.3, 0.4) is 0 Å². The molecule has 6 nitrogen and oxygen atoms in total. The van der Waals surface area contributed by atoms with Gasteiger partial charge in [-0.2, -0.15) is 0 Å². The molecule has 1 heterocycles. The average Bonchev–Trinajstić information content (AvgIpc) is 2.66. The van der Waals surface area contributed by atoms with Crippen molar-refractivity contribution in [2.75, 3.05) is 20.3 Å². The predicted molar refractivity (Wildman–Crippen MR) is 59.5 cm³/mol. The number of hydrogen-bond donors (Lipinski definition) is 1. The fourth-order valence-corrected chi connectivity index (χ4v) is 1.96. The van der Waals surface area contributed by atoms with Crippen LogP contribution in [0, 0.1) is 0 Å². The highest BCUT2D eigenvalue weighted by molar-refractivity contribution is 5.97. The van der Waals surface area contributed by atoms with Crippen LogP contribution in [-0.2, 0) is 23.8 Å². The number of hydrogen-bond acceptors (Lipinski definition) is 6. The first-order valence-electron chi connectivity index (χ1n) is 5.69. The standard InChI is InChI=1S/C12H14O6/c1-16-5-6-17-11(14)8-4-2-3-7-9(13)12(15)18-10(7)8/h13H,2-6H2,1H3. The summed E-state index contributed by atoms with van der Waals surface area (Å²) in [6, 6.07) is 0. The smallest absolute Gasteiger partial charge is 0.379 e. The van der Waals surface area contributed by atoms with Gasteiger partial charge in [-0.15, -0.1) is 0 Å². The number of carbonyl (C=O) groups is 2. The zero-order valence-electron chi connectivity index (χ0n) is 10.0. The highest BCUT2D eigenvalue weighted by Gasteiger charge is 2.36. The highest BCUT2D eigenvalue weighted by Crippen LogP contribution is 2.37. The van der Waals surface area contributed by atoms with Gasteiger partial charge in [0.25, 0.3) is 0 Å². The summed E-state index contributed by atoms with van der Waals surface area (Å²) in [7, 11) is 1.51. The SMILES string of the molecule is COCCOC(=O)C1=C2OC(=O)C(O)=C2CCC1. The number of rotatable bonds is 4.